The van der Waals surface area contributed by atoms with E-state index in [1.165, 1.54) is 5.56 Å². The quantitative estimate of drug-likeness (QED) is 0.747. The molecule has 0 amide bonds. The highest BCUT2D eigenvalue weighted by Gasteiger charge is 2.34. The van der Waals surface area contributed by atoms with Crippen molar-refractivity contribution >= 4 is 33.1 Å². The summed E-state index contributed by atoms with van der Waals surface area (Å²) in [6, 6.07) is 11.5. The Morgan fingerprint density at radius 3 is 2.81 bits per heavy atom. The van der Waals surface area contributed by atoms with Crippen molar-refractivity contribution in [3.63, 3.8) is 0 Å². The number of nitrogens with zero attached hydrogens (tertiary/aromatic N) is 2. The lowest BCUT2D eigenvalue weighted by Crippen LogP contribution is -2.47. The first-order valence-corrected chi connectivity index (χ1v) is 9.35. The number of ketones is 1. The summed E-state index contributed by atoms with van der Waals surface area (Å²) in [4.78, 5) is 18.2. The average Bonchev–Trinajstić information content (AvgIpc) is 2.96. The number of carbonyl (C=O) groups excluding carboxylic acids is 1. The molecule has 0 spiro atoms. The van der Waals surface area contributed by atoms with Crippen LogP contribution in [0.1, 0.15) is 23.6 Å². The van der Waals surface area contributed by atoms with Gasteiger partial charge in [-0.15, -0.1) is 0 Å². The first kappa shape index (κ1) is 18.6. The Bertz CT molecular complexity index is 899. The lowest BCUT2D eigenvalue weighted by Gasteiger charge is -2.29. The molecule has 134 valence electrons. The zero-order chi connectivity index (χ0) is 18.9. The van der Waals surface area contributed by atoms with Gasteiger partial charge in [0.05, 0.1) is 13.1 Å². The van der Waals surface area contributed by atoms with E-state index in [4.69, 9.17) is 6.57 Å². The second kappa shape index (κ2) is 7.22. The number of anilines is 1. The molecule has 1 N–H and O–H groups in total. The summed E-state index contributed by atoms with van der Waals surface area (Å²) >= 11 is 3.48. The van der Waals surface area contributed by atoms with Crippen molar-refractivity contribution in [3.05, 3.63) is 69.0 Å². The second-order valence-corrected chi connectivity index (χ2v) is 7.97. The maximum atomic E-state index is 12.7. The van der Waals surface area contributed by atoms with E-state index in [9.17, 15) is 9.90 Å². The monoisotopic (exact) mass is 412 g/mol. The molecule has 0 fully saturated rings. The molecule has 0 saturated carbocycles. The van der Waals surface area contributed by atoms with E-state index >= 15 is 0 Å². The van der Waals surface area contributed by atoms with Crippen LogP contribution in [0.2, 0.25) is 0 Å². The lowest BCUT2D eigenvalue weighted by molar-refractivity contribution is -0.134. The number of rotatable bonds is 5. The van der Waals surface area contributed by atoms with Crippen LogP contribution in [0, 0.1) is 13.5 Å². The fourth-order valence-corrected chi connectivity index (χ4v) is 3.80. The van der Waals surface area contributed by atoms with Crippen LogP contribution in [0.3, 0.4) is 0 Å². The van der Waals surface area contributed by atoms with Crippen molar-refractivity contribution in [3.8, 4) is 0 Å². The lowest BCUT2D eigenvalue weighted by atomic mass is 9.93. The van der Waals surface area contributed by atoms with Crippen molar-refractivity contribution < 1.29 is 9.90 Å². The minimum absolute atomic E-state index is 0.160. The Labute approximate surface area is 162 Å². The van der Waals surface area contributed by atoms with Gasteiger partial charge in [0.1, 0.15) is 5.60 Å². The van der Waals surface area contributed by atoms with Gasteiger partial charge in [-0.25, -0.2) is 4.85 Å². The van der Waals surface area contributed by atoms with E-state index in [0.717, 1.165) is 34.3 Å². The molecule has 3 rings (SSSR count). The fourth-order valence-electron chi connectivity index (χ4n) is 3.39. The predicted molar refractivity (Wildman–Crippen MR) is 107 cm³/mol. The van der Waals surface area contributed by atoms with Gasteiger partial charge in [0.15, 0.2) is 11.5 Å². The molecule has 1 aliphatic rings. The molecule has 0 unspecified atom stereocenters. The Kier molecular flexibility index (Phi) is 5.17. The molecule has 1 aliphatic heterocycles. The molecule has 0 aliphatic carbocycles. The highest BCUT2D eigenvalue weighted by molar-refractivity contribution is 9.10. The molecule has 4 nitrogen and oxygen atoms in total. The molecule has 26 heavy (non-hydrogen) atoms. The summed E-state index contributed by atoms with van der Waals surface area (Å²) in [5.74, 6) is -0.210. The minimum atomic E-state index is -1.43. The Morgan fingerprint density at radius 2 is 2.12 bits per heavy atom. The van der Waals surface area contributed by atoms with Crippen molar-refractivity contribution in [2.45, 2.75) is 32.3 Å². The summed E-state index contributed by atoms with van der Waals surface area (Å²) in [5.41, 5.74) is 3.15. The van der Waals surface area contributed by atoms with Gasteiger partial charge in [0, 0.05) is 23.1 Å². The van der Waals surface area contributed by atoms with Crippen molar-refractivity contribution in [2.75, 3.05) is 18.0 Å². The maximum absolute atomic E-state index is 12.7. The molecule has 5 heteroatoms. The number of β-amino-alcohol motifs (C(OH)–C–C–N with tert-alkyl or cyclic N) is 1. The third-order valence-corrected chi connectivity index (χ3v) is 5.37. The van der Waals surface area contributed by atoms with Gasteiger partial charge in [0.25, 0.3) is 0 Å². The topological polar surface area (TPSA) is 44.9 Å². The Balaban J connectivity index is 1.72. The van der Waals surface area contributed by atoms with Gasteiger partial charge in [-0.3, -0.25) is 4.79 Å². The summed E-state index contributed by atoms with van der Waals surface area (Å²) in [5, 5.41) is 10.8. The zero-order valence-electron chi connectivity index (χ0n) is 14.9. The normalized spacial score (nSPS) is 15.3. The molecule has 0 aromatic heterocycles. The summed E-state index contributed by atoms with van der Waals surface area (Å²) in [7, 11) is 0. The van der Waals surface area contributed by atoms with Gasteiger partial charge < -0.3 is 10.0 Å². The van der Waals surface area contributed by atoms with E-state index in [-0.39, 0.29) is 18.7 Å². The van der Waals surface area contributed by atoms with Crippen LogP contribution in [-0.2, 0) is 17.6 Å². The number of carbonyl (C=O) groups is 1. The number of halogens is 1. The van der Waals surface area contributed by atoms with Crippen molar-refractivity contribution in [1.29, 1.82) is 0 Å². The van der Waals surface area contributed by atoms with E-state index in [2.05, 4.69) is 31.7 Å². The third-order valence-electron chi connectivity index (χ3n) is 4.88. The van der Waals surface area contributed by atoms with E-state index in [1.54, 1.807) is 19.1 Å². The molecule has 1 heterocycles. The largest absolute Gasteiger partial charge is 0.380 e. The highest BCUT2D eigenvalue weighted by atomic mass is 79.9. The zero-order valence-corrected chi connectivity index (χ0v) is 16.5. The van der Waals surface area contributed by atoms with Crippen LogP contribution in [0.5, 0.6) is 0 Å². The van der Waals surface area contributed by atoms with Gasteiger partial charge in [-0.05, 0) is 55.2 Å². The molecule has 0 saturated heterocycles. The molecule has 2 aromatic rings. The summed E-state index contributed by atoms with van der Waals surface area (Å²) in [6.07, 6.45) is 1.07. The summed E-state index contributed by atoms with van der Waals surface area (Å²) < 4.78 is 1.04. The van der Waals surface area contributed by atoms with Gasteiger partial charge in [-0.2, -0.15) is 0 Å². The Morgan fingerprint density at radius 1 is 1.35 bits per heavy atom. The van der Waals surface area contributed by atoms with Crippen LogP contribution < -0.4 is 4.90 Å². The standard InChI is InChI=1S/C21H21BrN2O2/c1-14-10-15(4-6-18(14)23-3)11-20(25)21(2,26)13-24-9-8-16-12-17(22)5-7-19(16)24/h4-7,10,12,26H,8-9,11,13H2,1-2H3/t21-/m0/s1. The smallest absolute Gasteiger partial charge is 0.190 e. The third kappa shape index (κ3) is 3.82. The fraction of sp³-hybridized carbons (Fsp3) is 0.333. The first-order chi connectivity index (χ1) is 12.3. The maximum Gasteiger partial charge on any atom is 0.190 e. The number of hydrogen-bond donors (Lipinski definition) is 1. The van der Waals surface area contributed by atoms with Crippen LogP contribution in [-0.4, -0.2) is 29.6 Å². The average molecular weight is 413 g/mol. The van der Waals surface area contributed by atoms with Gasteiger partial charge in [-0.1, -0.05) is 34.1 Å². The minimum Gasteiger partial charge on any atom is -0.380 e. The van der Waals surface area contributed by atoms with Crippen LogP contribution in [0.4, 0.5) is 11.4 Å². The van der Waals surface area contributed by atoms with Gasteiger partial charge in [0.2, 0.25) is 0 Å². The SMILES string of the molecule is [C-]#[N+]c1ccc(CC(=O)[C@@](C)(O)CN2CCc3cc(Br)ccc32)cc1C. The Hall–Kier alpha value is -2.16. The number of Topliss-reactive ketones (excluding diaryl/α,β-unsaturated/α-hetero) is 1. The van der Waals surface area contributed by atoms with Crippen molar-refractivity contribution in [2.24, 2.45) is 0 Å². The molecule has 1 atom stereocenters. The van der Waals surface area contributed by atoms with Crippen LogP contribution in [0.25, 0.3) is 4.85 Å². The molecule has 0 bridgehead atoms. The molecular formula is C21H21BrN2O2. The van der Waals surface area contributed by atoms with E-state index < -0.39 is 5.60 Å². The second-order valence-electron chi connectivity index (χ2n) is 7.05. The number of aryl methyl sites for hydroxylation is 1. The number of benzene rings is 2. The summed E-state index contributed by atoms with van der Waals surface area (Å²) in [6.45, 7) is 11.6. The number of hydrogen-bond acceptors (Lipinski definition) is 3. The molecule has 2 aromatic carbocycles. The van der Waals surface area contributed by atoms with Gasteiger partial charge >= 0.3 is 0 Å². The molecule has 0 radical (unpaired) electrons. The van der Waals surface area contributed by atoms with E-state index in [1.807, 2.05) is 25.1 Å². The number of fused-ring (bicyclic) bond motifs is 1. The number of aliphatic hydroxyl groups is 1. The molecular weight excluding hydrogens is 392 g/mol. The predicted octanol–water partition coefficient (Wildman–Crippen LogP) is 4.23. The highest BCUT2D eigenvalue weighted by Crippen LogP contribution is 2.32. The van der Waals surface area contributed by atoms with Crippen LogP contribution >= 0.6 is 15.9 Å². The van der Waals surface area contributed by atoms with E-state index in [0.29, 0.717) is 5.69 Å². The first-order valence-electron chi connectivity index (χ1n) is 8.56. The van der Waals surface area contributed by atoms with Crippen molar-refractivity contribution in [1.82, 2.24) is 0 Å². The van der Waals surface area contributed by atoms with Crippen LogP contribution in [0.15, 0.2) is 40.9 Å².